The number of hydrogen-bond donors (Lipinski definition) is 0. The molecule has 1 aromatic rings. The maximum atomic E-state index is 12.9. The van der Waals surface area contributed by atoms with E-state index in [1.807, 2.05) is 32.1 Å². The second kappa shape index (κ2) is 5.48. The van der Waals surface area contributed by atoms with Gasteiger partial charge in [-0.25, -0.2) is 0 Å². The minimum absolute atomic E-state index is 0.0650. The molecule has 1 spiro atoms. The third-order valence-corrected chi connectivity index (χ3v) is 4.94. The summed E-state index contributed by atoms with van der Waals surface area (Å²) in [4.78, 5) is 27.1. The van der Waals surface area contributed by atoms with E-state index in [1.54, 1.807) is 17.2 Å². The predicted molar refractivity (Wildman–Crippen MR) is 83.6 cm³/mol. The highest BCUT2D eigenvalue weighted by atomic mass is 16.6. The highest BCUT2D eigenvalue weighted by molar-refractivity contribution is 5.91. The summed E-state index contributed by atoms with van der Waals surface area (Å²) in [5.41, 5.74) is -0.699. The number of furan rings is 1. The topological polar surface area (TPSA) is 69.0 Å². The lowest BCUT2D eigenvalue weighted by atomic mass is 9.77. The summed E-state index contributed by atoms with van der Waals surface area (Å²) >= 11 is 0. The van der Waals surface area contributed by atoms with Crippen molar-refractivity contribution in [2.24, 2.45) is 17.8 Å². The summed E-state index contributed by atoms with van der Waals surface area (Å²) in [6.45, 7) is 5.16. The van der Waals surface area contributed by atoms with Gasteiger partial charge in [0.15, 0.2) is 0 Å². The van der Waals surface area contributed by atoms with Gasteiger partial charge < -0.3 is 18.8 Å². The van der Waals surface area contributed by atoms with Crippen LogP contribution in [0.15, 0.2) is 35.0 Å². The fourth-order valence-corrected chi connectivity index (χ4v) is 3.92. The van der Waals surface area contributed by atoms with E-state index in [0.29, 0.717) is 19.7 Å². The number of nitrogens with zero attached hydrogens (tertiary/aromatic N) is 1. The molecule has 0 aliphatic carbocycles. The lowest BCUT2D eigenvalue weighted by molar-refractivity contribution is -0.154. The molecule has 3 aliphatic heterocycles. The summed E-state index contributed by atoms with van der Waals surface area (Å²) in [5, 5.41) is 0. The molecule has 0 saturated carbocycles. The molecule has 0 aromatic carbocycles. The van der Waals surface area contributed by atoms with Crippen LogP contribution in [0.4, 0.5) is 0 Å². The van der Waals surface area contributed by atoms with Gasteiger partial charge in [0.05, 0.1) is 38.0 Å². The van der Waals surface area contributed by atoms with E-state index in [4.69, 9.17) is 13.9 Å². The first kappa shape index (κ1) is 15.4. The monoisotopic (exact) mass is 331 g/mol. The molecule has 6 heteroatoms. The smallest absolute Gasteiger partial charge is 0.312 e. The second-order valence-electron chi connectivity index (χ2n) is 7.20. The Morgan fingerprint density at radius 2 is 2.33 bits per heavy atom. The van der Waals surface area contributed by atoms with Gasteiger partial charge in [-0.1, -0.05) is 26.0 Å². The minimum Gasteiger partial charge on any atom is -0.467 e. The third kappa shape index (κ3) is 2.28. The lowest BCUT2D eigenvalue weighted by Gasteiger charge is -2.23. The van der Waals surface area contributed by atoms with Crippen LogP contribution >= 0.6 is 0 Å². The molecule has 1 amide bonds. The van der Waals surface area contributed by atoms with Crippen molar-refractivity contribution in [3.8, 4) is 0 Å². The van der Waals surface area contributed by atoms with Crippen molar-refractivity contribution in [2.45, 2.75) is 32.1 Å². The van der Waals surface area contributed by atoms with E-state index in [2.05, 4.69) is 0 Å². The Balaban J connectivity index is 1.54. The molecule has 128 valence electrons. The van der Waals surface area contributed by atoms with E-state index in [1.165, 1.54) is 0 Å². The van der Waals surface area contributed by atoms with Gasteiger partial charge in [-0.2, -0.15) is 0 Å². The Morgan fingerprint density at radius 3 is 3.04 bits per heavy atom. The van der Waals surface area contributed by atoms with Crippen molar-refractivity contribution < 1.29 is 23.5 Å². The summed E-state index contributed by atoms with van der Waals surface area (Å²) < 4.78 is 16.8. The average Bonchev–Trinajstić information content (AvgIpc) is 3.28. The summed E-state index contributed by atoms with van der Waals surface area (Å²) in [5.74, 6) is -0.474. The van der Waals surface area contributed by atoms with Crippen LogP contribution in [-0.4, -0.2) is 41.6 Å². The largest absolute Gasteiger partial charge is 0.467 e. The van der Waals surface area contributed by atoms with Crippen LogP contribution in [0, 0.1) is 17.8 Å². The number of amides is 1. The average molecular weight is 331 g/mol. The first-order chi connectivity index (χ1) is 11.5. The highest BCUT2D eigenvalue weighted by Crippen LogP contribution is 2.52. The van der Waals surface area contributed by atoms with Crippen molar-refractivity contribution in [3.05, 3.63) is 36.3 Å². The van der Waals surface area contributed by atoms with Gasteiger partial charge in [0, 0.05) is 0 Å². The number of carbonyl (C=O) groups is 2. The molecule has 2 bridgehead atoms. The van der Waals surface area contributed by atoms with Gasteiger partial charge >= 0.3 is 5.97 Å². The predicted octanol–water partition coefficient (Wildman–Crippen LogP) is 1.76. The molecule has 0 unspecified atom stereocenters. The Labute approximate surface area is 140 Å². The number of likely N-dealkylation sites (tertiary alicyclic amines) is 1. The van der Waals surface area contributed by atoms with E-state index < -0.39 is 17.4 Å². The first-order valence-corrected chi connectivity index (χ1v) is 8.35. The molecular weight excluding hydrogens is 310 g/mol. The minimum atomic E-state index is -0.699. The Kier molecular flexibility index (Phi) is 3.53. The van der Waals surface area contributed by atoms with Crippen LogP contribution < -0.4 is 0 Å². The molecule has 2 fully saturated rings. The number of rotatable bonds is 5. The molecule has 0 radical (unpaired) electrons. The highest BCUT2D eigenvalue weighted by Gasteiger charge is 2.67. The number of ether oxygens (including phenoxy) is 2. The number of carbonyl (C=O) groups excluding carboxylic acids is 2. The van der Waals surface area contributed by atoms with Crippen LogP contribution in [0.1, 0.15) is 19.6 Å². The third-order valence-electron chi connectivity index (χ3n) is 4.94. The van der Waals surface area contributed by atoms with Crippen molar-refractivity contribution in [3.63, 3.8) is 0 Å². The van der Waals surface area contributed by atoms with Crippen LogP contribution in [0.25, 0.3) is 0 Å². The molecule has 6 nitrogen and oxygen atoms in total. The summed E-state index contributed by atoms with van der Waals surface area (Å²) in [6.07, 6.45) is 5.06. The molecule has 24 heavy (non-hydrogen) atoms. The fraction of sp³-hybridized carbons (Fsp3) is 0.556. The Bertz CT molecular complexity index is 680. The van der Waals surface area contributed by atoms with Gasteiger partial charge in [-0.15, -0.1) is 0 Å². The molecular formula is C18H21NO5. The standard InChI is InChI=1S/C18H21NO5/c1-11(2)9-23-17(21)14-13-5-6-18(24-13)10-19(16(20)15(14)18)8-12-4-3-7-22-12/h3-7,11,13-15H,8-10H2,1-2H3/t13-,14-,15+,18-/m1/s1. The molecule has 4 atom stereocenters. The van der Waals surface area contributed by atoms with Crippen molar-refractivity contribution in [1.82, 2.24) is 4.90 Å². The first-order valence-electron chi connectivity index (χ1n) is 8.35. The zero-order valence-corrected chi connectivity index (χ0v) is 13.8. The van der Waals surface area contributed by atoms with Gasteiger partial charge in [-0.05, 0) is 18.1 Å². The maximum absolute atomic E-state index is 12.9. The molecule has 0 N–H and O–H groups in total. The lowest BCUT2D eigenvalue weighted by Crippen LogP contribution is -2.40. The SMILES string of the molecule is CC(C)COC(=O)[C@H]1[C@H]2C(=O)N(Cc3ccco3)C[C@]23C=C[C@H]1O3. The van der Waals surface area contributed by atoms with Crippen molar-refractivity contribution in [1.29, 1.82) is 0 Å². The van der Waals surface area contributed by atoms with Gasteiger partial charge in [-0.3, -0.25) is 9.59 Å². The van der Waals surface area contributed by atoms with E-state index in [0.717, 1.165) is 5.76 Å². The second-order valence-corrected chi connectivity index (χ2v) is 7.20. The number of hydrogen-bond acceptors (Lipinski definition) is 5. The van der Waals surface area contributed by atoms with Gasteiger partial charge in [0.1, 0.15) is 17.3 Å². The molecule has 1 aromatic heterocycles. The van der Waals surface area contributed by atoms with Crippen LogP contribution in [0.5, 0.6) is 0 Å². The molecule has 4 heterocycles. The fourth-order valence-electron chi connectivity index (χ4n) is 3.92. The van der Waals surface area contributed by atoms with Crippen LogP contribution in [-0.2, 0) is 25.6 Å². The number of fused-ring (bicyclic) bond motifs is 1. The summed E-state index contributed by atoms with van der Waals surface area (Å²) in [7, 11) is 0. The maximum Gasteiger partial charge on any atom is 0.312 e. The van der Waals surface area contributed by atoms with E-state index >= 15 is 0 Å². The molecule has 2 saturated heterocycles. The van der Waals surface area contributed by atoms with Crippen LogP contribution in [0.2, 0.25) is 0 Å². The van der Waals surface area contributed by atoms with Crippen molar-refractivity contribution in [2.75, 3.05) is 13.2 Å². The summed E-state index contributed by atoms with van der Waals surface area (Å²) in [6, 6.07) is 3.63. The quantitative estimate of drug-likeness (QED) is 0.607. The van der Waals surface area contributed by atoms with Crippen molar-refractivity contribution >= 4 is 11.9 Å². The zero-order valence-electron chi connectivity index (χ0n) is 13.8. The molecule has 4 rings (SSSR count). The number of esters is 1. The van der Waals surface area contributed by atoms with Gasteiger partial charge in [0.2, 0.25) is 5.91 Å². The molecule has 3 aliphatic rings. The normalized spacial score (nSPS) is 33.5. The Hall–Kier alpha value is -2.08. The van der Waals surface area contributed by atoms with Crippen LogP contribution in [0.3, 0.4) is 0 Å². The zero-order chi connectivity index (χ0) is 16.9. The van der Waals surface area contributed by atoms with E-state index in [-0.39, 0.29) is 23.9 Å². The van der Waals surface area contributed by atoms with E-state index in [9.17, 15) is 9.59 Å². The Morgan fingerprint density at radius 1 is 1.50 bits per heavy atom. The van der Waals surface area contributed by atoms with Gasteiger partial charge in [0.25, 0.3) is 0 Å².